The fraction of sp³-hybridized carbons (Fsp3) is 0.294. The third kappa shape index (κ3) is 2.29. The Bertz CT molecular complexity index is 938. The molecule has 0 bridgehead atoms. The molecule has 1 atom stereocenters. The van der Waals surface area contributed by atoms with Crippen LogP contribution in [-0.4, -0.2) is 35.3 Å². The predicted molar refractivity (Wildman–Crippen MR) is 86.8 cm³/mol. The van der Waals surface area contributed by atoms with Crippen LogP contribution in [0.15, 0.2) is 35.3 Å². The fourth-order valence-corrected chi connectivity index (χ4v) is 3.20. The van der Waals surface area contributed by atoms with E-state index in [1.165, 1.54) is 4.57 Å². The van der Waals surface area contributed by atoms with E-state index in [-0.39, 0.29) is 23.7 Å². The summed E-state index contributed by atoms with van der Waals surface area (Å²) in [5, 5.41) is 3.55. The molecule has 7 nitrogen and oxygen atoms in total. The molecule has 1 unspecified atom stereocenters. The molecule has 122 valence electrons. The average molecular weight is 325 g/mol. The van der Waals surface area contributed by atoms with Crippen molar-refractivity contribution in [2.45, 2.75) is 18.9 Å². The fourth-order valence-electron chi connectivity index (χ4n) is 3.20. The molecule has 2 saturated heterocycles. The van der Waals surface area contributed by atoms with Gasteiger partial charge in [0.25, 0.3) is 5.56 Å². The van der Waals surface area contributed by atoms with Gasteiger partial charge in [0, 0.05) is 23.7 Å². The normalized spacial score (nSPS) is 20.9. The number of Topliss-reactive ketones (excluding diaryl/α,β-unsaturated/α-hetero) is 1. The minimum absolute atomic E-state index is 0.198. The van der Waals surface area contributed by atoms with Crippen LogP contribution in [0.1, 0.15) is 18.9 Å². The second-order valence-electron chi connectivity index (χ2n) is 6.16. The van der Waals surface area contributed by atoms with Crippen LogP contribution in [-0.2, 0) is 14.4 Å². The topological polar surface area (TPSA) is 88.5 Å². The van der Waals surface area contributed by atoms with E-state index in [4.69, 9.17) is 0 Å². The van der Waals surface area contributed by atoms with E-state index in [0.29, 0.717) is 24.9 Å². The van der Waals surface area contributed by atoms with Crippen molar-refractivity contribution < 1.29 is 14.4 Å². The highest BCUT2D eigenvalue weighted by Crippen LogP contribution is 2.24. The molecule has 24 heavy (non-hydrogen) atoms. The number of ketones is 1. The number of fused-ring (bicyclic) bond motifs is 1. The lowest BCUT2D eigenvalue weighted by atomic mass is 10.0. The van der Waals surface area contributed by atoms with Crippen LogP contribution in [0.4, 0.5) is 5.69 Å². The zero-order chi connectivity index (χ0) is 16.8. The Morgan fingerprint density at radius 3 is 2.54 bits per heavy atom. The molecular weight excluding hydrogens is 310 g/mol. The molecule has 4 rings (SSSR count). The Labute approximate surface area is 136 Å². The molecule has 1 aromatic heterocycles. The van der Waals surface area contributed by atoms with Crippen molar-refractivity contribution in [3.05, 3.63) is 40.8 Å². The van der Waals surface area contributed by atoms with Crippen molar-refractivity contribution >= 4 is 34.1 Å². The number of aromatic nitrogens is 1. The number of nitrogens with zero attached hydrogens (tertiary/aromatic N) is 2. The van der Waals surface area contributed by atoms with E-state index in [1.807, 2.05) is 17.0 Å². The summed E-state index contributed by atoms with van der Waals surface area (Å²) in [7, 11) is 0. The Hall–Kier alpha value is -2.96. The molecule has 1 aromatic carbocycles. The van der Waals surface area contributed by atoms with E-state index in [1.54, 1.807) is 18.3 Å². The smallest absolute Gasteiger partial charge is 0.259 e. The number of hydrogen-bond donors (Lipinski definition) is 1. The standard InChI is InChI=1S/C17H15N3O4/c21-12-8-19(9-12)11-1-2-13-10(7-11)5-6-20(17(13)24)14-3-4-15(22)18-16(14)23/h1-2,5-7,14H,3-4,8-9H2,(H,18,22,23). The van der Waals surface area contributed by atoms with Gasteiger partial charge >= 0.3 is 0 Å². The molecule has 2 aliphatic heterocycles. The van der Waals surface area contributed by atoms with Gasteiger partial charge < -0.3 is 9.47 Å². The molecule has 2 aliphatic rings. The summed E-state index contributed by atoms with van der Waals surface area (Å²) in [5.74, 6) is -0.550. The minimum Gasteiger partial charge on any atom is -0.357 e. The van der Waals surface area contributed by atoms with Crippen LogP contribution in [0.2, 0.25) is 0 Å². The van der Waals surface area contributed by atoms with E-state index in [2.05, 4.69) is 5.32 Å². The van der Waals surface area contributed by atoms with Gasteiger partial charge in [-0.05, 0) is 36.1 Å². The minimum atomic E-state index is -0.660. The summed E-state index contributed by atoms with van der Waals surface area (Å²) in [4.78, 5) is 49.0. The van der Waals surface area contributed by atoms with Crippen LogP contribution in [0.25, 0.3) is 10.8 Å². The van der Waals surface area contributed by atoms with Crippen molar-refractivity contribution in [3.8, 4) is 0 Å². The predicted octanol–water partition coefficient (Wildman–Crippen LogP) is 0.368. The van der Waals surface area contributed by atoms with Crippen LogP contribution in [0.5, 0.6) is 0 Å². The summed E-state index contributed by atoms with van der Waals surface area (Å²) in [6.07, 6.45) is 2.14. The number of pyridine rings is 1. The quantitative estimate of drug-likeness (QED) is 0.806. The van der Waals surface area contributed by atoms with Crippen LogP contribution in [0.3, 0.4) is 0 Å². The average Bonchev–Trinajstić information content (AvgIpc) is 2.53. The molecule has 2 fully saturated rings. The van der Waals surface area contributed by atoms with E-state index < -0.39 is 11.9 Å². The van der Waals surface area contributed by atoms with Gasteiger partial charge in [-0.15, -0.1) is 0 Å². The monoisotopic (exact) mass is 325 g/mol. The first kappa shape index (κ1) is 14.6. The van der Waals surface area contributed by atoms with Gasteiger partial charge in [-0.3, -0.25) is 24.5 Å². The highest BCUT2D eigenvalue weighted by atomic mass is 16.2. The Kier molecular flexibility index (Phi) is 3.23. The van der Waals surface area contributed by atoms with Crippen molar-refractivity contribution in [2.75, 3.05) is 18.0 Å². The van der Waals surface area contributed by atoms with Crippen molar-refractivity contribution in [1.82, 2.24) is 9.88 Å². The SMILES string of the molecule is O=C1CN(c2ccc3c(=O)n(C4CCC(=O)NC4=O)ccc3c2)C1. The van der Waals surface area contributed by atoms with Gasteiger partial charge in [-0.25, -0.2) is 0 Å². The Morgan fingerprint density at radius 2 is 1.83 bits per heavy atom. The largest absolute Gasteiger partial charge is 0.357 e. The number of amides is 2. The lowest BCUT2D eigenvalue weighted by molar-refractivity contribution is -0.135. The first-order chi connectivity index (χ1) is 11.5. The Balaban J connectivity index is 1.72. The van der Waals surface area contributed by atoms with Gasteiger partial charge in [-0.1, -0.05) is 0 Å². The molecule has 3 heterocycles. The number of hydrogen-bond acceptors (Lipinski definition) is 5. The maximum atomic E-state index is 12.7. The number of imide groups is 1. The van der Waals surface area contributed by atoms with E-state index in [9.17, 15) is 19.2 Å². The first-order valence-corrected chi connectivity index (χ1v) is 7.78. The molecule has 7 heteroatoms. The second-order valence-corrected chi connectivity index (χ2v) is 6.16. The number of anilines is 1. The van der Waals surface area contributed by atoms with Crippen LogP contribution in [0, 0.1) is 0 Å². The van der Waals surface area contributed by atoms with Crippen molar-refractivity contribution in [1.29, 1.82) is 0 Å². The molecule has 2 amide bonds. The zero-order valence-electron chi connectivity index (χ0n) is 12.8. The summed E-state index contributed by atoms with van der Waals surface area (Å²) in [6.45, 7) is 0.803. The number of carbonyl (C=O) groups is 3. The molecule has 0 aliphatic carbocycles. The van der Waals surface area contributed by atoms with Gasteiger partial charge in [0.1, 0.15) is 6.04 Å². The van der Waals surface area contributed by atoms with Crippen LogP contribution < -0.4 is 15.8 Å². The highest BCUT2D eigenvalue weighted by Gasteiger charge is 2.29. The molecule has 0 radical (unpaired) electrons. The maximum Gasteiger partial charge on any atom is 0.259 e. The third-order valence-corrected chi connectivity index (χ3v) is 4.56. The molecule has 2 aromatic rings. The zero-order valence-corrected chi connectivity index (χ0v) is 12.8. The van der Waals surface area contributed by atoms with Gasteiger partial charge in [0.05, 0.1) is 13.1 Å². The summed E-state index contributed by atoms with van der Waals surface area (Å²) < 4.78 is 1.39. The molecular formula is C17H15N3O4. The van der Waals surface area contributed by atoms with Gasteiger partial charge in [-0.2, -0.15) is 0 Å². The van der Waals surface area contributed by atoms with E-state index in [0.717, 1.165) is 11.1 Å². The molecule has 0 spiro atoms. The van der Waals surface area contributed by atoms with Crippen molar-refractivity contribution in [2.24, 2.45) is 0 Å². The number of piperidine rings is 1. The van der Waals surface area contributed by atoms with Crippen molar-refractivity contribution in [3.63, 3.8) is 0 Å². The Morgan fingerprint density at radius 1 is 1.04 bits per heavy atom. The number of nitrogens with one attached hydrogen (secondary N) is 1. The van der Waals surface area contributed by atoms with Crippen LogP contribution >= 0.6 is 0 Å². The summed E-state index contributed by atoms with van der Waals surface area (Å²) >= 11 is 0. The van der Waals surface area contributed by atoms with Gasteiger partial charge in [0.15, 0.2) is 5.78 Å². The first-order valence-electron chi connectivity index (χ1n) is 7.78. The van der Waals surface area contributed by atoms with E-state index >= 15 is 0 Å². The lowest BCUT2D eigenvalue weighted by Crippen LogP contribution is -2.47. The maximum absolute atomic E-state index is 12.7. The lowest BCUT2D eigenvalue weighted by Gasteiger charge is -2.31. The third-order valence-electron chi connectivity index (χ3n) is 4.56. The molecule has 1 N–H and O–H groups in total. The number of carbonyl (C=O) groups excluding carboxylic acids is 3. The van der Waals surface area contributed by atoms with Gasteiger partial charge in [0.2, 0.25) is 11.8 Å². The molecule has 0 saturated carbocycles. The summed E-state index contributed by atoms with van der Waals surface area (Å²) in [5.41, 5.74) is 0.647. The summed E-state index contributed by atoms with van der Waals surface area (Å²) in [6, 6.07) is 6.53. The number of benzene rings is 1. The second kappa shape index (κ2) is 5.30. The number of rotatable bonds is 2. The highest BCUT2D eigenvalue weighted by molar-refractivity contribution is 6.00.